The monoisotopic (exact) mass is 378 g/mol. The number of rotatable bonds is 7. The van der Waals surface area contributed by atoms with Crippen LogP contribution in [0.3, 0.4) is 0 Å². The largest absolute Gasteiger partial charge is 0.496 e. The molecule has 28 heavy (non-hydrogen) atoms. The average molecular weight is 378 g/mol. The third-order valence-electron chi connectivity index (χ3n) is 4.00. The van der Waals surface area contributed by atoms with Gasteiger partial charge in [-0.25, -0.2) is 0 Å². The van der Waals surface area contributed by atoms with Crippen LogP contribution in [0.5, 0.6) is 11.5 Å². The summed E-state index contributed by atoms with van der Waals surface area (Å²) in [4.78, 5) is 22.7. The Hall–Kier alpha value is -3.87. The fourth-order valence-corrected chi connectivity index (χ4v) is 2.61. The minimum atomic E-state index is -0.585. The summed E-state index contributed by atoms with van der Waals surface area (Å²) in [5, 5.41) is 13.8. The first-order chi connectivity index (χ1) is 13.6. The summed E-state index contributed by atoms with van der Waals surface area (Å²) in [6, 6.07) is 21.4. The van der Waals surface area contributed by atoms with Crippen molar-refractivity contribution in [2.24, 2.45) is 0 Å². The average Bonchev–Trinajstić information content (AvgIpc) is 2.73. The number of nitrogens with zero attached hydrogens (tertiary/aromatic N) is 1. The summed E-state index contributed by atoms with van der Waals surface area (Å²) in [6.07, 6.45) is 0. The van der Waals surface area contributed by atoms with Crippen molar-refractivity contribution < 1.29 is 19.2 Å². The maximum absolute atomic E-state index is 12.1. The zero-order valence-electron chi connectivity index (χ0n) is 15.1. The van der Waals surface area contributed by atoms with Gasteiger partial charge in [0.15, 0.2) is 12.4 Å². The molecule has 3 rings (SSSR count). The van der Waals surface area contributed by atoms with Crippen LogP contribution in [-0.4, -0.2) is 24.5 Å². The van der Waals surface area contributed by atoms with Crippen LogP contribution in [0, 0.1) is 10.1 Å². The predicted octanol–water partition coefficient (Wildman–Crippen LogP) is 4.29. The minimum Gasteiger partial charge on any atom is -0.496 e. The van der Waals surface area contributed by atoms with Crippen LogP contribution in [-0.2, 0) is 4.79 Å². The normalized spacial score (nSPS) is 10.2. The molecule has 0 unspecified atom stereocenters. The molecule has 0 spiro atoms. The van der Waals surface area contributed by atoms with Crippen LogP contribution in [0.4, 0.5) is 11.4 Å². The van der Waals surface area contributed by atoms with E-state index in [2.05, 4.69) is 5.32 Å². The van der Waals surface area contributed by atoms with E-state index in [4.69, 9.17) is 9.47 Å². The highest BCUT2D eigenvalue weighted by atomic mass is 16.6. The summed E-state index contributed by atoms with van der Waals surface area (Å²) in [7, 11) is 1.41. The van der Waals surface area contributed by atoms with Gasteiger partial charge in [0.25, 0.3) is 5.91 Å². The highest BCUT2D eigenvalue weighted by molar-refractivity contribution is 5.92. The summed E-state index contributed by atoms with van der Waals surface area (Å²) in [5.41, 5.74) is 2.45. The Bertz CT molecular complexity index is 972. The first-order valence-electron chi connectivity index (χ1n) is 8.47. The van der Waals surface area contributed by atoms with Crippen molar-refractivity contribution in [3.63, 3.8) is 0 Å². The second-order valence-electron chi connectivity index (χ2n) is 5.87. The van der Waals surface area contributed by atoms with Crippen molar-refractivity contribution >= 4 is 17.3 Å². The number of anilines is 1. The predicted molar refractivity (Wildman–Crippen MR) is 106 cm³/mol. The number of nitro benzene ring substituents is 1. The molecular weight excluding hydrogens is 360 g/mol. The summed E-state index contributed by atoms with van der Waals surface area (Å²) in [6.45, 7) is -0.354. The SMILES string of the molecule is COc1ccc(OCC(=O)Nc2ccc(-c3ccccc3)cc2)c([N+](=O)[O-])c1. The van der Waals surface area contributed by atoms with E-state index in [1.165, 1.54) is 25.3 Å². The molecule has 0 aliphatic carbocycles. The molecule has 7 heteroatoms. The standard InChI is InChI=1S/C21H18N2O5/c1-27-18-11-12-20(19(13-18)23(25)26)28-14-21(24)22-17-9-7-16(8-10-17)15-5-3-2-4-6-15/h2-13H,14H2,1H3,(H,22,24). The van der Waals surface area contributed by atoms with Crippen LogP contribution in [0.1, 0.15) is 0 Å². The van der Waals surface area contributed by atoms with Crippen LogP contribution < -0.4 is 14.8 Å². The summed E-state index contributed by atoms with van der Waals surface area (Å²) in [5.74, 6) is -0.0834. The van der Waals surface area contributed by atoms with E-state index >= 15 is 0 Å². The Morgan fingerprint density at radius 2 is 1.68 bits per heavy atom. The van der Waals surface area contributed by atoms with Gasteiger partial charge in [-0.3, -0.25) is 14.9 Å². The van der Waals surface area contributed by atoms with Crippen molar-refractivity contribution in [2.45, 2.75) is 0 Å². The Labute approximate surface area is 161 Å². The Kier molecular flexibility index (Phi) is 5.86. The lowest BCUT2D eigenvalue weighted by Gasteiger charge is -2.09. The van der Waals surface area contributed by atoms with Crippen LogP contribution in [0.15, 0.2) is 72.8 Å². The highest BCUT2D eigenvalue weighted by Gasteiger charge is 2.17. The first-order valence-corrected chi connectivity index (χ1v) is 8.47. The Morgan fingerprint density at radius 1 is 1.00 bits per heavy atom. The van der Waals surface area contributed by atoms with Crippen LogP contribution in [0.25, 0.3) is 11.1 Å². The number of hydrogen-bond acceptors (Lipinski definition) is 5. The number of nitro groups is 1. The fraction of sp³-hybridized carbons (Fsp3) is 0.0952. The second-order valence-corrected chi connectivity index (χ2v) is 5.87. The zero-order chi connectivity index (χ0) is 19.9. The van der Waals surface area contributed by atoms with Crippen molar-refractivity contribution in [2.75, 3.05) is 19.0 Å². The molecule has 0 radical (unpaired) electrons. The van der Waals surface area contributed by atoms with E-state index in [9.17, 15) is 14.9 Å². The number of hydrogen-bond donors (Lipinski definition) is 1. The lowest BCUT2D eigenvalue weighted by molar-refractivity contribution is -0.385. The van der Waals surface area contributed by atoms with Gasteiger partial charge in [0.1, 0.15) is 5.75 Å². The number of nitrogens with one attached hydrogen (secondary N) is 1. The molecule has 142 valence electrons. The van der Waals surface area contributed by atoms with E-state index in [1.807, 2.05) is 42.5 Å². The molecule has 0 aromatic heterocycles. The second kappa shape index (κ2) is 8.68. The molecule has 7 nitrogen and oxygen atoms in total. The van der Waals surface area contributed by atoms with E-state index < -0.39 is 10.8 Å². The van der Waals surface area contributed by atoms with E-state index in [0.717, 1.165) is 11.1 Å². The molecule has 1 amide bonds. The molecule has 0 fully saturated rings. The van der Waals surface area contributed by atoms with Crippen LogP contribution in [0.2, 0.25) is 0 Å². The molecule has 0 aliphatic heterocycles. The van der Waals surface area contributed by atoms with Gasteiger partial charge in [-0.15, -0.1) is 0 Å². The van der Waals surface area contributed by atoms with Crippen molar-refractivity contribution in [1.82, 2.24) is 0 Å². The highest BCUT2D eigenvalue weighted by Crippen LogP contribution is 2.31. The van der Waals surface area contributed by atoms with Gasteiger partial charge in [-0.2, -0.15) is 0 Å². The number of carbonyl (C=O) groups excluding carboxylic acids is 1. The summed E-state index contributed by atoms with van der Waals surface area (Å²) >= 11 is 0. The zero-order valence-corrected chi connectivity index (χ0v) is 15.1. The molecule has 0 atom stereocenters. The lowest BCUT2D eigenvalue weighted by Crippen LogP contribution is -2.20. The Balaban J connectivity index is 1.61. The van der Waals surface area contributed by atoms with E-state index in [-0.39, 0.29) is 18.0 Å². The van der Waals surface area contributed by atoms with Gasteiger partial charge in [-0.05, 0) is 35.4 Å². The van der Waals surface area contributed by atoms with Gasteiger partial charge in [0.2, 0.25) is 0 Å². The molecule has 3 aromatic carbocycles. The fourth-order valence-electron chi connectivity index (χ4n) is 2.61. The molecule has 0 aliphatic rings. The molecular formula is C21H18N2O5. The number of benzene rings is 3. The van der Waals surface area contributed by atoms with Crippen molar-refractivity contribution in [1.29, 1.82) is 0 Å². The topological polar surface area (TPSA) is 90.7 Å². The van der Waals surface area contributed by atoms with Gasteiger partial charge >= 0.3 is 5.69 Å². The van der Waals surface area contributed by atoms with Gasteiger partial charge in [-0.1, -0.05) is 42.5 Å². The van der Waals surface area contributed by atoms with Gasteiger partial charge in [0.05, 0.1) is 18.1 Å². The molecule has 0 heterocycles. The van der Waals surface area contributed by atoms with Crippen molar-refractivity contribution in [3.05, 3.63) is 82.9 Å². The van der Waals surface area contributed by atoms with Gasteiger partial charge < -0.3 is 14.8 Å². The van der Waals surface area contributed by atoms with Gasteiger partial charge in [0, 0.05) is 5.69 Å². The number of ether oxygens (including phenoxy) is 2. The van der Waals surface area contributed by atoms with E-state index in [1.54, 1.807) is 12.1 Å². The third-order valence-corrected chi connectivity index (χ3v) is 4.00. The summed E-state index contributed by atoms with van der Waals surface area (Å²) < 4.78 is 10.3. The van der Waals surface area contributed by atoms with Crippen LogP contribution >= 0.6 is 0 Å². The Morgan fingerprint density at radius 3 is 2.32 bits per heavy atom. The maximum Gasteiger partial charge on any atom is 0.314 e. The number of amides is 1. The molecule has 0 saturated carbocycles. The first kappa shape index (κ1) is 18.9. The molecule has 0 bridgehead atoms. The smallest absolute Gasteiger partial charge is 0.314 e. The number of carbonyl (C=O) groups is 1. The van der Waals surface area contributed by atoms with E-state index in [0.29, 0.717) is 11.4 Å². The number of methoxy groups -OCH3 is 1. The van der Waals surface area contributed by atoms with Crippen molar-refractivity contribution in [3.8, 4) is 22.6 Å². The lowest BCUT2D eigenvalue weighted by atomic mass is 10.1. The molecule has 1 N–H and O–H groups in total. The third kappa shape index (κ3) is 4.64. The molecule has 3 aromatic rings. The molecule has 0 saturated heterocycles. The maximum atomic E-state index is 12.1. The minimum absolute atomic E-state index is 0.000348. The quantitative estimate of drug-likeness (QED) is 0.489.